The molecule has 34 heavy (non-hydrogen) atoms. The van der Waals surface area contributed by atoms with Gasteiger partial charge in [-0.1, -0.05) is 37.1 Å². The number of rotatable bonds is 11. The number of benzene rings is 3. The van der Waals surface area contributed by atoms with Crippen LogP contribution in [-0.4, -0.2) is 31.3 Å². The van der Waals surface area contributed by atoms with Crippen molar-refractivity contribution in [3.8, 4) is 17.2 Å². The Morgan fingerprint density at radius 2 is 1.65 bits per heavy atom. The largest absolute Gasteiger partial charge is 0.494 e. The highest BCUT2D eigenvalue weighted by atomic mass is 35.5. The lowest BCUT2D eigenvalue weighted by atomic mass is 10.2. The van der Waals surface area contributed by atoms with Crippen LogP contribution in [0.5, 0.6) is 17.2 Å². The van der Waals surface area contributed by atoms with Crippen LogP contribution in [0.2, 0.25) is 5.02 Å². The maximum atomic E-state index is 12.2. The normalized spacial score (nSPS) is 10.6. The Balaban J connectivity index is 1.44. The smallest absolute Gasteiger partial charge is 0.343 e. The SMILES string of the molecule is CCCCOc1ccc(OCC(=O)N/N=C/c2cccc(OC(=O)c3ccc(Cl)cc3)c2)cc1. The lowest BCUT2D eigenvalue weighted by molar-refractivity contribution is -0.123. The quantitative estimate of drug-likeness (QED) is 0.133. The van der Waals surface area contributed by atoms with Gasteiger partial charge in [-0.15, -0.1) is 0 Å². The average molecular weight is 481 g/mol. The summed E-state index contributed by atoms with van der Waals surface area (Å²) in [6.45, 7) is 2.59. The van der Waals surface area contributed by atoms with Crippen molar-refractivity contribution in [1.82, 2.24) is 5.43 Å². The Bertz CT molecular complexity index is 1110. The molecule has 0 aromatic heterocycles. The number of nitrogens with zero attached hydrogens (tertiary/aromatic N) is 1. The van der Waals surface area contributed by atoms with E-state index in [1.54, 1.807) is 72.8 Å². The highest BCUT2D eigenvalue weighted by molar-refractivity contribution is 6.30. The summed E-state index contributed by atoms with van der Waals surface area (Å²) in [5.74, 6) is 0.746. The summed E-state index contributed by atoms with van der Waals surface area (Å²) in [6.07, 6.45) is 3.51. The Labute approximate surface area is 203 Å². The minimum Gasteiger partial charge on any atom is -0.494 e. The van der Waals surface area contributed by atoms with Gasteiger partial charge in [0.1, 0.15) is 17.2 Å². The maximum Gasteiger partial charge on any atom is 0.343 e. The highest BCUT2D eigenvalue weighted by Gasteiger charge is 2.08. The number of nitrogens with one attached hydrogen (secondary N) is 1. The molecule has 0 radical (unpaired) electrons. The van der Waals surface area contributed by atoms with Gasteiger partial charge in [-0.2, -0.15) is 5.10 Å². The summed E-state index contributed by atoms with van der Waals surface area (Å²) >= 11 is 5.84. The van der Waals surface area contributed by atoms with Crippen LogP contribution in [0.15, 0.2) is 77.9 Å². The van der Waals surface area contributed by atoms with Crippen LogP contribution in [0.25, 0.3) is 0 Å². The van der Waals surface area contributed by atoms with Crippen molar-refractivity contribution >= 4 is 29.7 Å². The third-order valence-corrected chi connectivity index (χ3v) is 4.76. The van der Waals surface area contributed by atoms with Crippen LogP contribution < -0.4 is 19.6 Å². The lowest BCUT2D eigenvalue weighted by Crippen LogP contribution is -2.24. The topological polar surface area (TPSA) is 86.2 Å². The Kier molecular flexibility index (Phi) is 9.49. The van der Waals surface area contributed by atoms with Gasteiger partial charge < -0.3 is 14.2 Å². The molecule has 1 amide bonds. The molecule has 0 unspecified atom stereocenters. The molecular formula is C26H25ClN2O5. The fraction of sp³-hybridized carbons (Fsp3) is 0.192. The summed E-state index contributed by atoms with van der Waals surface area (Å²) in [5.41, 5.74) is 3.42. The van der Waals surface area contributed by atoms with Crippen LogP contribution in [0.3, 0.4) is 0 Å². The van der Waals surface area contributed by atoms with E-state index in [1.165, 1.54) is 6.21 Å². The van der Waals surface area contributed by atoms with E-state index in [9.17, 15) is 9.59 Å². The fourth-order valence-corrected chi connectivity index (χ4v) is 2.86. The molecule has 8 heteroatoms. The molecule has 0 atom stereocenters. The van der Waals surface area contributed by atoms with Gasteiger partial charge in [0.05, 0.1) is 18.4 Å². The van der Waals surface area contributed by atoms with Crippen LogP contribution >= 0.6 is 11.6 Å². The minimum absolute atomic E-state index is 0.188. The molecule has 7 nitrogen and oxygen atoms in total. The van der Waals surface area contributed by atoms with Crippen molar-refractivity contribution in [2.75, 3.05) is 13.2 Å². The summed E-state index contributed by atoms with van der Waals surface area (Å²) in [4.78, 5) is 24.2. The zero-order chi connectivity index (χ0) is 24.2. The molecule has 1 N–H and O–H groups in total. The molecule has 0 aliphatic rings. The third-order valence-electron chi connectivity index (χ3n) is 4.51. The van der Waals surface area contributed by atoms with Crippen molar-refractivity contribution in [2.24, 2.45) is 5.10 Å². The molecule has 0 heterocycles. The van der Waals surface area contributed by atoms with E-state index in [1.807, 2.05) is 0 Å². The zero-order valence-electron chi connectivity index (χ0n) is 18.7. The molecule has 0 bridgehead atoms. The van der Waals surface area contributed by atoms with E-state index >= 15 is 0 Å². The number of unbranched alkanes of at least 4 members (excludes halogenated alkanes) is 1. The first-order chi connectivity index (χ1) is 16.5. The van der Waals surface area contributed by atoms with Gasteiger partial charge in [0.15, 0.2) is 6.61 Å². The maximum absolute atomic E-state index is 12.2. The van der Waals surface area contributed by atoms with E-state index in [0.29, 0.717) is 34.3 Å². The number of esters is 1. The number of ether oxygens (including phenoxy) is 3. The Morgan fingerprint density at radius 1 is 0.941 bits per heavy atom. The van der Waals surface area contributed by atoms with Crippen LogP contribution in [0, 0.1) is 0 Å². The van der Waals surface area contributed by atoms with E-state index < -0.39 is 11.9 Å². The Hall–Kier alpha value is -3.84. The van der Waals surface area contributed by atoms with E-state index in [-0.39, 0.29) is 6.61 Å². The molecular weight excluding hydrogens is 456 g/mol. The summed E-state index contributed by atoms with van der Waals surface area (Å²) < 4.78 is 16.4. The van der Waals surface area contributed by atoms with Crippen LogP contribution in [0.1, 0.15) is 35.7 Å². The highest BCUT2D eigenvalue weighted by Crippen LogP contribution is 2.18. The van der Waals surface area contributed by atoms with Crippen molar-refractivity contribution in [3.05, 3.63) is 88.9 Å². The summed E-state index contributed by atoms with van der Waals surface area (Å²) in [5, 5.41) is 4.45. The minimum atomic E-state index is -0.503. The first kappa shape index (κ1) is 24.8. The average Bonchev–Trinajstić information content (AvgIpc) is 2.84. The molecule has 0 fully saturated rings. The molecule has 0 aliphatic carbocycles. The predicted molar refractivity (Wildman–Crippen MR) is 131 cm³/mol. The summed E-state index contributed by atoms with van der Waals surface area (Å²) in [6, 6.07) is 20.2. The second-order valence-corrected chi connectivity index (χ2v) is 7.66. The standard InChI is InChI=1S/C26H25ClN2O5/c1-2-3-15-32-22-11-13-23(14-12-22)33-18-25(30)29-28-17-19-5-4-6-24(16-19)34-26(31)20-7-9-21(27)10-8-20/h4-14,16-17H,2-3,15,18H2,1H3,(H,29,30)/b28-17+. The monoisotopic (exact) mass is 480 g/mol. The van der Waals surface area contributed by atoms with E-state index in [4.69, 9.17) is 25.8 Å². The first-order valence-electron chi connectivity index (χ1n) is 10.8. The number of hydrogen-bond donors (Lipinski definition) is 1. The van der Waals surface area contributed by atoms with Gasteiger partial charge in [0, 0.05) is 5.02 Å². The zero-order valence-corrected chi connectivity index (χ0v) is 19.5. The molecule has 0 saturated carbocycles. The van der Waals surface area contributed by atoms with Crippen molar-refractivity contribution < 1.29 is 23.8 Å². The van der Waals surface area contributed by atoms with E-state index in [0.717, 1.165) is 18.6 Å². The van der Waals surface area contributed by atoms with Gasteiger partial charge in [-0.25, -0.2) is 10.2 Å². The molecule has 3 aromatic carbocycles. The van der Waals surface area contributed by atoms with Crippen LogP contribution in [-0.2, 0) is 4.79 Å². The molecule has 3 aromatic rings. The van der Waals surface area contributed by atoms with Crippen molar-refractivity contribution in [1.29, 1.82) is 0 Å². The third kappa shape index (κ3) is 8.26. The van der Waals surface area contributed by atoms with Crippen LogP contribution in [0.4, 0.5) is 0 Å². The lowest BCUT2D eigenvalue weighted by Gasteiger charge is -2.08. The number of carbonyl (C=O) groups excluding carboxylic acids is 2. The molecule has 0 spiro atoms. The van der Waals surface area contributed by atoms with Crippen molar-refractivity contribution in [3.63, 3.8) is 0 Å². The number of carbonyl (C=O) groups is 2. The number of hydrazone groups is 1. The number of amides is 1. The van der Waals surface area contributed by atoms with Gasteiger partial charge in [-0.05, 0) is 72.6 Å². The van der Waals surface area contributed by atoms with Gasteiger partial charge in [0.25, 0.3) is 5.91 Å². The first-order valence-corrected chi connectivity index (χ1v) is 11.2. The molecule has 3 rings (SSSR count). The van der Waals surface area contributed by atoms with Gasteiger partial charge in [0.2, 0.25) is 0 Å². The molecule has 0 aliphatic heterocycles. The molecule has 0 saturated heterocycles. The second kappa shape index (κ2) is 13.0. The summed E-state index contributed by atoms with van der Waals surface area (Å²) in [7, 11) is 0. The molecule has 176 valence electrons. The van der Waals surface area contributed by atoms with Gasteiger partial charge >= 0.3 is 5.97 Å². The van der Waals surface area contributed by atoms with E-state index in [2.05, 4.69) is 17.5 Å². The number of hydrogen-bond acceptors (Lipinski definition) is 6. The van der Waals surface area contributed by atoms with Crippen molar-refractivity contribution in [2.45, 2.75) is 19.8 Å². The van der Waals surface area contributed by atoms with Gasteiger partial charge in [-0.3, -0.25) is 4.79 Å². The number of halogens is 1. The second-order valence-electron chi connectivity index (χ2n) is 7.22. The fourth-order valence-electron chi connectivity index (χ4n) is 2.74. The predicted octanol–water partition coefficient (Wildman–Crippen LogP) is 5.27. The Morgan fingerprint density at radius 3 is 2.35 bits per heavy atom.